The molecule has 1 unspecified atom stereocenters. The van der Waals surface area contributed by atoms with Crippen molar-refractivity contribution >= 4 is 27.5 Å². The minimum Gasteiger partial charge on any atom is -0.320 e. The Bertz CT molecular complexity index is 522. The third-order valence-electron chi connectivity index (χ3n) is 2.87. The highest BCUT2D eigenvalue weighted by molar-refractivity contribution is 9.10. The Balaban J connectivity index is 2.40. The smallest absolute Gasteiger partial charge is 0.0554 e. The van der Waals surface area contributed by atoms with E-state index in [0.29, 0.717) is 0 Å². The van der Waals surface area contributed by atoms with Gasteiger partial charge in [-0.15, -0.1) is 0 Å². The van der Waals surface area contributed by atoms with Gasteiger partial charge in [0.15, 0.2) is 0 Å². The lowest BCUT2D eigenvalue weighted by Crippen LogP contribution is -2.13. The maximum Gasteiger partial charge on any atom is 0.0554 e. The summed E-state index contributed by atoms with van der Waals surface area (Å²) in [5.41, 5.74) is 9.64. The van der Waals surface area contributed by atoms with Crippen LogP contribution in [0.3, 0.4) is 0 Å². The molecule has 17 heavy (non-hydrogen) atoms. The lowest BCUT2D eigenvalue weighted by Gasteiger charge is -2.16. The zero-order valence-electron chi connectivity index (χ0n) is 9.45. The summed E-state index contributed by atoms with van der Waals surface area (Å²) in [6, 6.07) is 13.6. The molecule has 2 aromatic carbocycles. The number of benzene rings is 2. The number of hydrogen-bond acceptors (Lipinski definition) is 1. The fourth-order valence-corrected chi connectivity index (χ4v) is 2.32. The third kappa shape index (κ3) is 2.71. The Kier molecular flexibility index (Phi) is 3.87. The average Bonchev–Trinajstić information content (AvgIpc) is 2.33. The van der Waals surface area contributed by atoms with Crippen LogP contribution in [0.15, 0.2) is 46.9 Å². The van der Waals surface area contributed by atoms with E-state index in [-0.39, 0.29) is 6.04 Å². The Morgan fingerprint density at radius 3 is 2.41 bits per heavy atom. The summed E-state index contributed by atoms with van der Waals surface area (Å²) in [6.45, 7) is 2.06. The van der Waals surface area contributed by atoms with Crippen LogP contribution in [0.5, 0.6) is 0 Å². The molecule has 0 aromatic heterocycles. The third-order valence-corrected chi connectivity index (χ3v) is 3.98. The van der Waals surface area contributed by atoms with Gasteiger partial charge in [-0.1, -0.05) is 51.8 Å². The van der Waals surface area contributed by atoms with Gasteiger partial charge < -0.3 is 5.73 Å². The SMILES string of the molecule is Cc1c(Br)cccc1C(N)c1ccc(Cl)cc1. The molecule has 2 N–H and O–H groups in total. The Labute approximate surface area is 115 Å². The zero-order valence-corrected chi connectivity index (χ0v) is 11.8. The van der Waals surface area contributed by atoms with Crippen molar-refractivity contribution in [3.8, 4) is 0 Å². The summed E-state index contributed by atoms with van der Waals surface area (Å²) in [4.78, 5) is 0. The molecule has 3 heteroatoms. The highest BCUT2D eigenvalue weighted by atomic mass is 79.9. The Hall–Kier alpha value is -0.830. The molecule has 0 aliphatic heterocycles. The number of hydrogen-bond donors (Lipinski definition) is 1. The molecule has 1 atom stereocenters. The molecule has 88 valence electrons. The summed E-state index contributed by atoms with van der Waals surface area (Å²) in [5.74, 6) is 0. The molecule has 2 rings (SSSR count). The van der Waals surface area contributed by atoms with Gasteiger partial charge in [0.2, 0.25) is 0 Å². The normalized spacial score (nSPS) is 12.5. The van der Waals surface area contributed by atoms with E-state index in [4.69, 9.17) is 17.3 Å². The summed E-state index contributed by atoms with van der Waals surface area (Å²) >= 11 is 9.39. The standard InChI is InChI=1S/C14H13BrClN/c1-9-12(3-2-4-13(9)15)14(17)10-5-7-11(16)8-6-10/h2-8,14H,17H2,1H3. The van der Waals surface area contributed by atoms with E-state index in [9.17, 15) is 0 Å². The van der Waals surface area contributed by atoms with Crippen molar-refractivity contribution in [2.45, 2.75) is 13.0 Å². The summed E-state index contributed by atoms with van der Waals surface area (Å²) < 4.78 is 1.08. The van der Waals surface area contributed by atoms with Gasteiger partial charge in [0, 0.05) is 9.50 Å². The molecule has 0 amide bonds. The van der Waals surface area contributed by atoms with Crippen molar-refractivity contribution in [1.82, 2.24) is 0 Å². The predicted octanol–water partition coefficient (Wildman–Crippen LogP) is 4.46. The molecule has 0 saturated heterocycles. The molecule has 0 aliphatic carbocycles. The minimum atomic E-state index is -0.121. The van der Waals surface area contributed by atoms with Gasteiger partial charge >= 0.3 is 0 Å². The van der Waals surface area contributed by atoms with E-state index in [1.165, 1.54) is 5.56 Å². The zero-order chi connectivity index (χ0) is 12.4. The van der Waals surface area contributed by atoms with Gasteiger partial charge in [-0.3, -0.25) is 0 Å². The molecular weight excluding hydrogens is 298 g/mol. The lowest BCUT2D eigenvalue weighted by atomic mass is 9.96. The Morgan fingerprint density at radius 1 is 1.12 bits per heavy atom. The second-order valence-electron chi connectivity index (χ2n) is 3.98. The molecule has 0 bridgehead atoms. The molecular formula is C14H13BrClN. The summed E-state index contributed by atoms with van der Waals surface area (Å²) in [7, 11) is 0. The minimum absolute atomic E-state index is 0.121. The predicted molar refractivity (Wildman–Crippen MR) is 76.4 cm³/mol. The van der Waals surface area contributed by atoms with Crippen molar-refractivity contribution in [2.24, 2.45) is 5.73 Å². The van der Waals surface area contributed by atoms with Gasteiger partial charge in [-0.05, 0) is 41.8 Å². The fraction of sp³-hybridized carbons (Fsp3) is 0.143. The van der Waals surface area contributed by atoms with E-state index in [1.54, 1.807) is 0 Å². The van der Waals surface area contributed by atoms with Crippen LogP contribution in [0, 0.1) is 6.92 Å². The van der Waals surface area contributed by atoms with Crippen molar-refractivity contribution in [1.29, 1.82) is 0 Å². The van der Waals surface area contributed by atoms with Crippen molar-refractivity contribution < 1.29 is 0 Å². The molecule has 0 fully saturated rings. The molecule has 0 radical (unpaired) electrons. The molecule has 2 aromatic rings. The van der Waals surface area contributed by atoms with Gasteiger partial charge in [0.1, 0.15) is 0 Å². The van der Waals surface area contributed by atoms with Crippen molar-refractivity contribution in [3.63, 3.8) is 0 Å². The average molecular weight is 311 g/mol. The van der Waals surface area contributed by atoms with E-state index in [2.05, 4.69) is 28.9 Å². The van der Waals surface area contributed by atoms with Crippen LogP contribution >= 0.6 is 27.5 Å². The van der Waals surface area contributed by atoms with E-state index in [1.807, 2.05) is 36.4 Å². The van der Waals surface area contributed by atoms with Gasteiger partial charge in [0.25, 0.3) is 0 Å². The first-order chi connectivity index (χ1) is 8.09. The van der Waals surface area contributed by atoms with E-state index in [0.717, 1.165) is 20.6 Å². The van der Waals surface area contributed by atoms with Crippen molar-refractivity contribution in [2.75, 3.05) is 0 Å². The first-order valence-corrected chi connectivity index (χ1v) is 6.52. The molecule has 0 aliphatic rings. The maximum absolute atomic E-state index is 6.27. The fourth-order valence-electron chi connectivity index (χ4n) is 1.81. The van der Waals surface area contributed by atoms with Gasteiger partial charge in [-0.2, -0.15) is 0 Å². The highest BCUT2D eigenvalue weighted by Gasteiger charge is 2.12. The number of halogens is 2. The van der Waals surface area contributed by atoms with E-state index < -0.39 is 0 Å². The van der Waals surface area contributed by atoms with Crippen LogP contribution in [0.25, 0.3) is 0 Å². The summed E-state index contributed by atoms with van der Waals surface area (Å²) in [5, 5.41) is 0.729. The molecule has 0 saturated carbocycles. The number of rotatable bonds is 2. The highest BCUT2D eigenvalue weighted by Crippen LogP contribution is 2.27. The van der Waals surface area contributed by atoms with Crippen molar-refractivity contribution in [3.05, 3.63) is 68.7 Å². The number of nitrogens with two attached hydrogens (primary N) is 1. The maximum atomic E-state index is 6.27. The first-order valence-electron chi connectivity index (χ1n) is 5.35. The van der Waals surface area contributed by atoms with Crippen LogP contribution < -0.4 is 5.73 Å². The van der Waals surface area contributed by atoms with Crippen LogP contribution in [-0.4, -0.2) is 0 Å². The van der Waals surface area contributed by atoms with Crippen LogP contribution in [0.2, 0.25) is 5.02 Å². The molecule has 0 heterocycles. The summed E-state index contributed by atoms with van der Waals surface area (Å²) in [6.07, 6.45) is 0. The Morgan fingerprint density at radius 2 is 1.76 bits per heavy atom. The van der Waals surface area contributed by atoms with Crippen LogP contribution in [0.4, 0.5) is 0 Å². The second kappa shape index (κ2) is 5.21. The lowest BCUT2D eigenvalue weighted by molar-refractivity contribution is 0.860. The van der Waals surface area contributed by atoms with Crippen LogP contribution in [-0.2, 0) is 0 Å². The monoisotopic (exact) mass is 309 g/mol. The van der Waals surface area contributed by atoms with Crippen LogP contribution in [0.1, 0.15) is 22.7 Å². The molecule has 1 nitrogen and oxygen atoms in total. The second-order valence-corrected chi connectivity index (χ2v) is 5.27. The first kappa shape index (κ1) is 12.6. The largest absolute Gasteiger partial charge is 0.320 e. The molecule has 0 spiro atoms. The van der Waals surface area contributed by atoms with Gasteiger partial charge in [-0.25, -0.2) is 0 Å². The topological polar surface area (TPSA) is 26.0 Å². The quantitative estimate of drug-likeness (QED) is 0.871. The van der Waals surface area contributed by atoms with E-state index >= 15 is 0 Å². The van der Waals surface area contributed by atoms with Gasteiger partial charge in [0.05, 0.1) is 6.04 Å².